The van der Waals surface area contributed by atoms with E-state index in [0.717, 1.165) is 12.1 Å². The summed E-state index contributed by atoms with van der Waals surface area (Å²) in [6.07, 6.45) is 0. The molecule has 0 N–H and O–H groups in total. The maximum Gasteiger partial charge on any atom is 1.00 e. The average molecular weight is 266 g/mol. The first-order valence-electron chi connectivity index (χ1n) is 3.67. The van der Waals surface area contributed by atoms with Crippen molar-refractivity contribution in [3.8, 4) is 0 Å². The van der Waals surface area contributed by atoms with E-state index in [2.05, 4.69) is 0 Å². The third kappa shape index (κ3) is 6.28. The molecule has 0 amide bonds. The second-order valence-electron chi connectivity index (χ2n) is 2.60. The molecule has 0 aliphatic rings. The van der Waals surface area contributed by atoms with Crippen molar-refractivity contribution >= 4 is 18.7 Å². The molecule has 0 heterocycles. The van der Waals surface area contributed by atoms with Crippen molar-refractivity contribution in [1.29, 1.82) is 0 Å². The number of hydrogen-bond acceptors (Lipinski definition) is 1. The zero-order valence-electron chi connectivity index (χ0n) is 7.81. The molecule has 0 fully saturated rings. The van der Waals surface area contributed by atoms with Crippen molar-refractivity contribution in [3.63, 3.8) is 0 Å². The van der Waals surface area contributed by atoms with Crippen molar-refractivity contribution in [1.82, 2.24) is 0 Å². The van der Waals surface area contributed by atoms with E-state index in [-0.39, 0.29) is 56.3 Å². The third-order valence-electron chi connectivity index (χ3n) is 1.32. The van der Waals surface area contributed by atoms with Crippen LogP contribution in [-0.2, 0) is 0 Å². The van der Waals surface area contributed by atoms with Crippen LogP contribution in [0.5, 0.6) is 0 Å². The van der Waals surface area contributed by atoms with Gasteiger partial charge in [0.15, 0.2) is 0 Å². The fourth-order valence-electron chi connectivity index (χ4n) is 0.777. The van der Waals surface area contributed by atoms with Gasteiger partial charge < -0.3 is 12.9 Å². The molecular formula is C7H5BF5KS. The molecule has 0 nitrogen and oxygen atoms in total. The van der Waals surface area contributed by atoms with Gasteiger partial charge in [-0.3, -0.25) is 0 Å². The third-order valence-corrected chi connectivity index (χ3v) is 2.51. The van der Waals surface area contributed by atoms with E-state index in [1.54, 1.807) is 0 Å². The molecule has 0 radical (unpaired) electrons. The molecular weight excluding hydrogens is 261 g/mol. The van der Waals surface area contributed by atoms with Gasteiger partial charge >= 0.3 is 58.4 Å². The Morgan fingerprint density at radius 2 is 1.73 bits per heavy atom. The van der Waals surface area contributed by atoms with Crippen molar-refractivity contribution in [2.24, 2.45) is 0 Å². The van der Waals surface area contributed by atoms with Crippen molar-refractivity contribution in [3.05, 3.63) is 29.8 Å². The van der Waals surface area contributed by atoms with Crippen molar-refractivity contribution in [2.45, 2.75) is 4.90 Å². The summed E-state index contributed by atoms with van der Waals surface area (Å²) in [7, 11) is 0. The van der Waals surface area contributed by atoms with Crippen molar-refractivity contribution < 1.29 is 73.1 Å². The zero-order valence-corrected chi connectivity index (χ0v) is 11.8. The van der Waals surface area contributed by atoms with Gasteiger partial charge in [0.05, 0.1) is 0 Å². The van der Waals surface area contributed by atoms with Gasteiger partial charge in [0, 0.05) is 11.0 Å². The monoisotopic (exact) mass is 266 g/mol. The standard InChI is InChI=1S/C7H5BF5S.K/c9-5-1-2-7(6(10)3-5)14-4-8(11,12)13;/h1-3H,4H2;/q-1;+1. The van der Waals surface area contributed by atoms with Crippen LogP contribution in [0.4, 0.5) is 21.7 Å². The molecule has 15 heavy (non-hydrogen) atoms. The molecule has 1 aromatic carbocycles. The topological polar surface area (TPSA) is 0 Å². The summed E-state index contributed by atoms with van der Waals surface area (Å²) in [6.45, 7) is -4.95. The first kappa shape index (κ1) is 15.9. The van der Waals surface area contributed by atoms with E-state index in [4.69, 9.17) is 0 Å². The second-order valence-corrected chi connectivity index (χ2v) is 3.66. The van der Waals surface area contributed by atoms with E-state index in [0.29, 0.717) is 17.8 Å². The SMILES string of the molecule is Fc1ccc(SC[B-](F)(F)F)c(F)c1.[K+]. The number of thioether (sulfide) groups is 1. The van der Waals surface area contributed by atoms with E-state index in [1.165, 1.54) is 0 Å². The van der Waals surface area contributed by atoms with Gasteiger partial charge in [-0.2, -0.15) is 11.8 Å². The Hall–Kier alpha value is 0.921. The van der Waals surface area contributed by atoms with Crippen LogP contribution >= 0.6 is 11.8 Å². The number of benzene rings is 1. The minimum atomic E-state index is -4.95. The first-order valence-corrected chi connectivity index (χ1v) is 4.66. The van der Waals surface area contributed by atoms with E-state index in [9.17, 15) is 21.7 Å². The molecule has 0 unspecified atom stereocenters. The number of rotatable bonds is 3. The zero-order chi connectivity index (χ0) is 10.8. The number of halogens is 5. The van der Waals surface area contributed by atoms with Crippen LogP contribution in [0.3, 0.4) is 0 Å². The predicted molar refractivity (Wildman–Crippen MR) is 46.2 cm³/mol. The molecule has 0 aromatic heterocycles. The summed E-state index contributed by atoms with van der Waals surface area (Å²) in [6, 6.07) is 2.48. The Morgan fingerprint density at radius 1 is 1.13 bits per heavy atom. The van der Waals surface area contributed by atoms with Gasteiger partial charge in [-0.1, -0.05) is 0 Å². The summed E-state index contributed by atoms with van der Waals surface area (Å²) in [5.41, 5.74) is -1.12. The van der Waals surface area contributed by atoms with Gasteiger partial charge in [-0.05, 0) is 17.8 Å². The van der Waals surface area contributed by atoms with Crippen LogP contribution in [0.1, 0.15) is 0 Å². The van der Waals surface area contributed by atoms with Crippen LogP contribution < -0.4 is 51.4 Å². The maximum absolute atomic E-state index is 12.8. The summed E-state index contributed by atoms with van der Waals surface area (Å²) in [5.74, 6) is -1.76. The number of hydrogen-bond donors (Lipinski definition) is 0. The van der Waals surface area contributed by atoms with Gasteiger partial charge in [-0.15, -0.1) is 0 Å². The first-order chi connectivity index (χ1) is 6.38. The fourth-order valence-corrected chi connectivity index (χ4v) is 1.51. The largest absolute Gasteiger partial charge is 1.00 e. The molecule has 0 aliphatic heterocycles. The Labute approximate surface area is 130 Å². The normalized spacial score (nSPS) is 11.0. The maximum atomic E-state index is 12.8. The molecule has 8 heteroatoms. The molecule has 1 aromatic rings. The Balaban J connectivity index is 0.00000196. The summed E-state index contributed by atoms with van der Waals surface area (Å²) < 4.78 is 60.6. The van der Waals surface area contributed by atoms with E-state index < -0.39 is 24.3 Å². The van der Waals surface area contributed by atoms with Crippen LogP contribution in [0, 0.1) is 11.6 Å². The summed E-state index contributed by atoms with van der Waals surface area (Å²) >= 11 is 0.324. The van der Waals surface area contributed by atoms with Gasteiger partial charge in [0.1, 0.15) is 11.6 Å². The van der Waals surface area contributed by atoms with Gasteiger partial charge in [-0.25, -0.2) is 8.78 Å². The molecule has 1 rings (SSSR count). The molecule has 0 aliphatic carbocycles. The molecule has 0 bridgehead atoms. The van der Waals surface area contributed by atoms with Crippen LogP contribution in [0.15, 0.2) is 23.1 Å². The Bertz CT molecular complexity index is 330. The van der Waals surface area contributed by atoms with Crippen LogP contribution in [0.25, 0.3) is 0 Å². The molecule has 0 atom stereocenters. The van der Waals surface area contributed by atoms with Gasteiger partial charge in [0.25, 0.3) is 0 Å². The molecule has 0 saturated heterocycles. The van der Waals surface area contributed by atoms with Crippen LogP contribution in [0.2, 0.25) is 0 Å². The van der Waals surface area contributed by atoms with E-state index in [1.807, 2.05) is 0 Å². The predicted octanol–water partition coefficient (Wildman–Crippen LogP) is 0.448. The minimum absolute atomic E-state index is 0. The molecule has 78 valence electrons. The quantitative estimate of drug-likeness (QED) is 0.435. The summed E-state index contributed by atoms with van der Waals surface area (Å²) in [5, 5.41) is 0. The smallest absolute Gasteiger partial charge is 0.448 e. The minimum Gasteiger partial charge on any atom is -0.448 e. The molecule has 0 spiro atoms. The Morgan fingerprint density at radius 3 is 2.20 bits per heavy atom. The fraction of sp³-hybridized carbons (Fsp3) is 0.143. The Kier molecular flexibility index (Phi) is 7.01. The van der Waals surface area contributed by atoms with E-state index >= 15 is 0 Å². The van der Waals surface area contributed by atoms with Crippen LogP contribution in [-0.4, -0.2) is 12.6 Å². The van der Waals surface area contributed by atoms with Gasteiger partial charge in [0.2, 0.25) is 0 Å². The van der Waals surface area contributed by atoms with Crippen molar-refractivity contribution in [2.75, 3.05) is 5.65 Å². The summed E-state index contributed by atoms with van der Waals surface area (Å²) in [4.78, 5) is -0.189. The second kappa shape index (κ2) is 6.61. The average Bonchev–Trinajstić information content (AvgIpc) is 2.00. The molecule has 0 saturated carbocycles.